The molecule has 0 bridgehead atoms. The maximum atomic E-state index is 13.5. The second-order valence-corrected chi connectivity index (χ2v) is 4.74. The van der Waals surface area contributed by atoms with Crippen LogP contribution < -0.4 is 5.32 Å². The van der Waals surface area contributed by atoms with Crippen molar-refractivity contribution in [2.75, 3.05) is 5.32 Å². The van der Waals surface area contributed by atoms with Crippen LogP contribution in [0.15, 0.2) is 42.7 Å². The Kier molecular flexibility index (Phi) is 3.28. The third kappa shape index (κ3) is 2.44. The van der Waals surface area contributed by atoms with E-state index < -0.39 is 11.6 Å². The first kappa shape index (κ1) is 12.9. The maximum Gasteiger partial charge on any atom is 0.181 e. The zero-order valence-electron chi connectivity index (χ0n) is 10.3. The molecule has 0 spiro atoms. The Morgan fingerprint density at radius 3 is 2.85 bits per heavy atom. The summed E-state index contributed by atoms with van der Waals surface area (Å²) in [6.45, 7) is 0.291. The van der Waals surface area contributed by atoms with Crippen molar-refractivity contribution in [1.82, 2.24) is 9.38 Å². The minimum atomic E-state index is -0.890. The minimum Gasteiger partial charge on any atom is -0.377 e. The standard InChI is InChI=1S/C14H10ClF2N3/c15-9-4-5-13-19-10(8-20(13)7-9)6-18-12-3-1-2-11(16)14(12)17/h1-5,7-8,18H,6H2. The van der Waals surface area contributed by atoms with Crippen molar-refractivity contribution in [3.05, 3.63) is 65.1 Å². The van der Waals surface area contributed by atoms with Crippen LogP contribution in [0.2, 0.25) is 5.02 Å². The van der Waals surface area contributed by atoms with E-state index in [4.69, 9.17) is 11.6 Å². The largest absolute Gasteiger partial charge is 0.377 e. The molecule has 2 aromatic heterocycles. The van der Waals surface area contributed by atoms with E-state index in [2.05, 4.69) is 10.3 Å². The molecule has 2 heterocycles. The van der Waals surface area contributed by atoms with E-state index in [1.165, 1.54) is 12.1 Å². The second-order valence-electron chi connectivity index (χ2n) is 4.30. The molecular weight excluding hydrogens is 284 g/mol. The quantitative estimate of drug-likeness (QED) is 0.794. The molecule has 0 unspecified atom stereocenters. The smallest absolute Gasteiger partial charge is 0.181 e. The Morgan fingerprint density at radius 2 is 2.00 bits per heavy atom. The average Bonchev–Trinajstić information content (AvgIpc) is 2.82. The van der Waals surface area contributed by atoms with Crippen LogP contribution in [0.3, 0.4) is 0 Å². The summed E-state index contributed by atoms with van der Waals surface area (Å²) in [5, 5.41) is 3.42. The molecule has 1 N–H and O–H groups in total. The third-order valence-corrected chi connectivity index (χ3v) is 3.10. The van der Waals surface area contributed by atoms with Crippen molar-refractivity contribution in [1.29, 1.82) is 0 Å². The van der Waals surface area contributed by atoms with Crippen LogP contribution in [0, 0.1) is 11.6 Å². The molecule has 0 aliphatic carbocycles. The summed E-state index contributed by atoms with van der Waals surface area (Å²) in [6, 6.07) is 7.53. The summed E-state index contributed by atoms with van der Waals surface area (Å²) in [5.74, 6) is -1.77. The highest BCUT2D eigenvalue weighted by Gasteiger charge is 2.08. The predicted octanol–water partition coefficient (Wildman–Crippen LogP) is 3.88. The number of halogens is 3. The lowest BCUT2D eigenvalue weighted by atomic mass is 10.3. The van der Waals surface area contributed by atoms with Gasteiger partial charge in [0.15, 0.2) is 11.6 Å². The molecule has 3 aromatic rings. The SMILES string of the molecule is Fc1cccc(NCc2cn3cc(Cl)ccc3n2)c1F. The van der Waals surface area contributed by atoms with Crippen molar-refractivity contribution in [2.24, 2.45) is 0 Å². The number of rotatable bonds is 3. The summed E-state index contributed by atoms with van der Waals surface area (Å²) in [5.41, 5.74) is 1.56. The van der Waals surface area contributed by atoms with Gasteiger partial charge < -0.3 is 9.72 Å². The van der Waals surface area contributed by atoms with E-state index in [0.29, 0.717) is 17.3 Å². The van der Waals surface area contributed by atoms with Gasteiger partial charge in [-0.2, -0.15) is 0 Å². The number of anilines is 1. The van der Waals surface area contributed by atoms with Gasteiger partial charge in [0.25, 0.3) is 0 Å². The van der Waals surface area contributed by atoms with E-state index in [0.717, 1.165) is 11.7 Å². The van der Waals surface area contributed by atoms with Crippen molar-refractivity contribution in [3.63, 3.8) is 0 Å². The number of fused-ring (bicyclic) bond motifs is 1. The van der Waals surface area contributed by atoms with Crippen LogP contribution in [0.25, 0.3) is 5.65 Å². The first-order valence-electron chi connectivity index (χ1n) is 5.94. The molecular formula is C14H10ClF2N3. The van der Waals surface area contributed by atoms with Crippen molar-refractivity contribution in [3.8, 4) is 0 Å². The highest BCUT2D eigenvalue weighted by Crippen LogP contribution is 2.18. The van der Waals surface area contributed by atoms with Gasteiger partial charge in [-0.1, -0.05) is 17.7 Å². The molecule has 20 heavy (non-hydrogen) atoms. The normalized spacial score (nSPS) is 10.9. The highest BCUT2D eigenvalue weighted by atomic mass is 35.5. The molecule has 0 saturated carbocycles. The van der Waals surface area contributed by atoms with E-state index in [1.807, 2.05) is 0 Å². The van der Waals surface area contributed by atoms with E-state index >= 15 is 0 Å². The Labute approximate surface area is 118 Å². The fourth-order valence-electron chi connectivity index (χ4n) is 1.93. The Bertz CT molecular complexity index is 770. The van der Waals surface area contributed by atoms with Crippen LogP contribution >= 0.6 is 11.6 Å². The summed E-state index contributed by atoms with van der Waals surface area (Å²) < 4.78 is 28.3. The van der Waals surface area contributed by atoms with Crippen LogP contribution in [0.5, 0.6) is 0 Å². The number of hydrogen-bond acceptors (Lipinski definition) is 2. The molecule has 0 atom stereocenters. The number of pyridine rings is 1. The first-order chi connectivity index (χ1) is 9.63. The van der Waals surface area contributed by atoms with Crippen LogP contribution in [-0.4, -0.2) is 9.38 Å². The maximum absolute atomic E-state index is 13.5. The summed E-state index contributed by atoms with van der Waals surface area (Å²) in [4.78, 5) is 4.35. The van der Waals surface area contributed by atoms with Gasteiger partial charge in [0.05, 0.1) is 22.9 Å². The van der Waals surface area contributed by atoms with Gasteiger partial charge in [-0.3, -0.25) is 0 Å². The fourth-order valence-corrected chi connectivity index (χ4v) is 2.10. The Hall–Kier alpha value is -2.14. The van der Waals surface area contributed by atoms with Crippen molar-refractivity contribution >= 4 is 22.9 Å². The fraction of sp³-hybridized carbons (Fsp3) is 0.0714. The zero-order chi connectivity index (χ0) is 14.1. The molecule has 6 heteroatoms. The van der Waals surface area contributed by atoms with Crippen LogP contribution in [0.4, 0.5) is 14.5 Å². The van der Waals surface area contributed by atoms with E-state index in [9.17, 15) is 8.78 Å². The third-order valence-electron chi connectivity index (χ3n) is 2.88. The molecule has 0 radical (unpaired) electrons. The Balaban J connectivity index is 1.81. The minimum absolute atomic E-state index is 0.111. The molecule has 1 aromatic carbocycles. The van der Waals surface area contributed by atoms with Gasteiger partial charge in [0.1, 0.15) is 5.65 Å². The molecule has 3 rings (SSSR count). The number of benzene rings is 1. The molecule has 0 fully saturated rings. The number of aromatic nitrogens is 2. The topological polar surface area (TPSA) is 29.3 Å². The molecule has 0 aliphatic heterocycles. The van der Waals surface area contributed by atoms with Gasteiger partial charge in [0.2, 0.25) is 0 Å². The molecule has 0 aliphatic rings. The number of hydrogen-bond donors (Lipinski definition) is 1. The monoisotopic (exact) mass is 293 g/mol. The van der Waals surface area contributed by atoms with E-state index in [-0.39, 0.29) is 5.69 Å². The Morgan fingerprint density at radius 1 is 1.15 bits per heavy atom. The van der Waals surface area contributed by atoms with Gasteiger partial charge in [-0.25, -0.2) is 13.8 Å². The highest BCUT2D eigenvalue weighted by molar-refractivity contribution is 6.30. The number of imidazole rings is 1. The lowest BCUT2D eigenvalue weighted by Crippen LogP contribution is -2.02. The molecule has 102 valence electrons. The summed E-state index contributed by atoms with van der Waals surface area (Å²) in [7, 11) is 0. The number of nitrogens with zero attached hydrogens (tertiary/aromatic N) is 2. The average molecular weight is 294 g/mol. The van der Waals surface area contributed by atoms with Crippen molar-refractivity contribution < 1.29 is 8.78 Å². The molecule has 3 nitrogen and oxygen atoms in total. The molecule has 0 saturated heterocycles. The molecule has 0 amide bonds. The zero-order valence-corrected chi connectivity index (χ0v) is 11.0. The van der Waals surface area contributed by atoms with Gasteiger partial charge in [-0.15, -0.1) is 0 Å². The van der Waals surface area contributed by atoms with Crippen LogP contribution in [0.1, 0.15) is 5.69 Å². The second kappa shape index (κ2) is 5.09. The van der Waals surface area contributed by atoms with E-state index in [1.54, 1.807) is 28.9 Å². The summed E-state index contributed by atoms with van der Waals surface area (Å²) >= 11 is 5.88. The van der Waals surface area contributed by atoms with Gasteiger partial charge in [0, 0.05) is 12.4 Å². The van der Waals surface area contributed by atoms with Gasteiger partial charge >= 0.3 is 0 Å². The number of nitrogens with one attached hydrogen (secondary N) is 1. The first-order valence-corrected chi connectivity index (χ1v) is 6.32. The lowest BCUT2D eigenvalue weighted by molar-refractivity contribution is 0.511. The van der Waals surface area contributed by atoms with Crippen LogP contribution in [-0.2, 0) is 6.54 Å². The summed E-state index contributed by atoms with van der Waals surface area (Å²) in [6.07, 6.45) is 3.52. The lowest BCUT2D eigenvalue weighted by Gasteiger charge is -2.05. The predicted molar refractivity (Wildman–Crippen MR) is 73.9 cm³/mol. The van der Waals surface area contributed by atoms with Gasteiger partial charge in [-0.05, 0) is 24.3 Å². The van der Waals surface area contributed by atoms with Crippen molar-refractivity contribution in [2.45, 2.75) is 6.54 Å².